The van der Waals surface area contributed by atoms with Gasteiger partial charge < -0.3 is 10.2 Å². The van der Waals surface area contributed by atoms with E-state index in [0.29, 0.717) is 0 Å². The minimum absolute atomic E-state index is 0.807. The second-order valence-corrected chi connectivity index (χ2v) is 7.50. The molecule has 2 rings (SSSR count). The van der Waals surface area contributed by atoms with Gasteiger partial charge >= 0.3 is 0 Å². The van der Waals surface area contributed by atoms with Gasteiger partial charge in [-0.25, -0.2) is 0 Å². The number of hydrogen-bond acceptors (Lipinski definition) is 2. The van der Waals surface area contributed by atoms with Gasteiger partial charge in [0.15, 0.2) is 0 Å². The lowest BCUT2D eigenvalue weighted by molar-refractivity contribution is 0.0486. The van der Waals surface area contributed by atoms with E-state index in [4.69, 9.17) is 0 Å². The van der Waals surface area contributed by atoms with E-state index in [1.54, 1.807) is 0 Å². The Hall–Kier alpha value is -0.0800. The summed E-state index contributed by atoms with van der Waals surface area (Å²) in [5.74, 6) is 0. The summed E-state index contributed by atoms with van der Waals surface area (Å²) in [6, 6.07) is 2.54. The first-order valence-corrected chi connectivity index (χ1v) is 9.76. The third-order valence-corrected chi connectivity index (χ3v) is 5.80. The Bertz CT molecular complexity index is 252. The minimum atomic E-state index is 0.807. The Morgan fingerprint density at radius 1 is 0.857 bits per heavy atom. The van der Waals surface area contributed by atoms with Crippen LogP contribution in [0.1, 0.15) is 90.4 Å². The predicted octanol–water partition coefficient (Wildman–Crippen LogP) is 4.73. The number of nitrogens with one attached hydrogen (secondary N) is 1. The van der Waals surface area contributed by atoms with Gasteiger partial charge in [0, 0.05) is 18.1 Å². The van der Waals surface area contributed by atoms with Crippen LogP contribution in [0.4, 0.5) is 0 Å². The lowest BCUT2D eigenvalue weighted by atomic mass is 9.82. The van der Waals surface area contributed by atoms with Gasteiger partial charge in [-0.3, -0.25) is 0 Å². The Morgan fingerprint density at radius 2 is 1.43 bits per heavy atom. The van der Waals surface area contributed by atoms with Crippen LogP contribution in [0, 0.1) is 0 Å². The van der Waals surface area contributed by atoms with Crippen molar-refractivity contribution in [3.05, 3.63) is 0 Å². The van der Waals surface area contributed by atoms with E-state index >= 15 is 0 Å². The van der Waals surface area contributed by atoms with Crippen molar-refractivity contribution in [3.63, 3.8) is 0 Å². The molecule has 2 saturated heterocycles. The molecule has 124 valence electrons. The van der Waals surface area contributed by atoms with Crippen molar-refractivity contribution in [1.82, 2.24) is 10.2 Å². The highest BCUT2D eigenvalue weighted by Gasteiger charge is 2.35. The zero-order valence-corrected chi connectivity index (χ0v) is 14.6. The van der Waals surface area contributed by atoms with Crippen molar-refractivity contribution in [2.24, 2.45) is 0 Å². The molecular formula is C19H38N2. The van der Waals surface area contributed by atoms with Crippen LogP contribution in [0.15, 0.2) is 0 Å². The molecule has 0 aromatic heterocycles. The number of hydrogen-bond donors (Lipinski definition) is 1. The molecule has 0 radical (unpaired) electrons. The smallest absolute Gasteiger partial charge is 0.0110 e. The second kappa shape index (κ2) is 9.84. The lowest BCUT2D eigenvalue weighted by Gasteiger charge is -2.47. The minimum Gasteiger partial charge on any atom is -0.314 e. The molecule has 0 aliphatic carbocycles. The van der Waals surface area contributed by atoms with E-state index < -0.39 is 0 Å². The zero-order valence-electron chi connectivity index (χ0n) is 14.6. The predicted molar refractivity (Wildman–Crippen MR) is 92.8 cm³/mol. The van der Waals surface area contributed by atoms with Crippen LogP contribution in [0.2, 0.25) is 0 Å². The van der Waals surface area contributed by atoms with Crippen LogP contribution in [-0.2, 0) is 0 Å². The summed E-state index contributed by atoms with van der Waals surface area (Å²) in [6.45, 7) is 3.55. The van der Waals surface area contributed by atoms with E-state index in [2.05, 4.69) is 24.2 Å². The van der Waals surface area contributed by atoms with Crippen LogP contribution < -0.4 is 5.32 Å². The monoisotopic (exact) mass is 294 g/mol. The Kier molecular flexibility index (Phi) is 8.10. The quantitative estimate of drug-likeness (QED) is 0.586. The molecule has 0 saturated carbocycles. The maximum atomic E-state index is 3.86. The molecule has 2 bridgehead atoms. The highest BCUT2D eigenvalue weighted by Crippen LogP contribution is 2.32. The summed E-state index contributed by atoms with van der Waals surface area (Å²) in [6.07, 6.45) is 18.5. The number of nitrogens with zero attached hydrogens (tertiary/aromatic N) is 1. The Balaban J connectivity index is 1.46. The van der Waals surface area contributed by atoms with Crippen LogP contribution in [0.25, 0.3) is 0 Å². The van der Waals surface area contributed by atoms with Gasteiger partial charge in [-0.1, -0.05) is 58.3 Å². The fourth-order valence-corrected chi connectivity index (χ4v) is 4.35. The Morgan fingerprint density at radius 3 is 2.05 bits per heavy atom. The number of piperidine rings is 2. The summed E-state index contributed by atoms with van der Waals surface area (Å²) < 4.78 is 0. The normalized spacial score (nSPS) is 29.7. The van der Waals surface area contributed by atoms with Crippen LogP contribution in [0.3, 0.4) is 0 Å². The third-order valence-electron chi connectivity index (χ3n) is 5.80. The maximum Gasteiger partial charge on any atom is 0.0110 e. The standard InChI is InChI=1S/C19H38N2/c1-3-4-5-6-7-8-9-10-14-20-17-15-18-12-11-13-19(16-17)21(18)2/h17-20H,3-16H2,1-2H3. The molecule has 2 aliphatic rings. The average Bonchev–Trinajstić information content (AvgIpc) is 2.46. The molecule has 0 spiro atoms. The van der Waals surface area contributed by atoms with Crippen molar-refractivity contribution in [3.8, 4) is 0 Å². The molecular weight excluding hydrogens is 256 g/mol. The molecule has 2 heterocycles. The van der Waals surface area contributed by atoms with E-state index in [0.717, 1.165) is 18.1 Å². The number of rotatable bonds is 10. The van der Waals surface area contributed by atoms with Crippen molar-refractivity contribution >= 4 is 0 Å². The number of fused-ring (bicyclic) bond motifs is 2. The van der Waals surface area contributed by atoms with Gasteiger partial charge in [0.1, 0.15) is 0 Å². The largest absolute Gasteiger partial charge is 0.314 e. The summed E-state index contributed by atoms with van der Waals surface area (Å²) >= 11 is 0. The van der Waals surface area contributed by atoms with Crippen molar-refractivity contribution in [2.45, 2.75) is 109 Å². The zero-order chi connectivity index (χ0) is 14.9. The highest BCUT2D eigenvalue weighted by atomic mass is 15.2. The summed E-state index contributed by atoms with van der Waals surface area (Å²) in [5.41, 5.74) is 0. The molecule has 2 fully saturated rings. The SMILES string of the molecule is CCCCCCCCCCNC1CC2CCCC(C1)N2C. The van der Waals surface area contributed by atoms with Crippen LogP contribution >= 0.6 is 0 Å². The molecule has 2 aliphatic heterocycles. The summed E-state index contributed by atoms with van der Waals surface area (Å²) in [4.78, 5) is 2.66. The first-order chi connectivity index (χ1) is 10.3. The molecule has 21 heavy (non-hydrogen) atoms. The molecule has 0 aromatic carbocycles. The van der Waals surface area contributed by atoms with Crippen molar-refractivity contribution < 1.29 is 0 Å². The fourth-order valence-electron chi connectivity index (χ4n) is 4.35. The first kappa shape index (κ1) is 17.3. The lowest BCUT2D eigenvalue weighted by Crippen LogP contribution is -2.54. The van der Waals surface area contributed by atoms with Crippen LogP contribution in [-0.4, -0.2) is 36.6 Å². The molecule has 1 N–H and O–H groups in total. The van der Waals surface area contributed by atoms with Gasteiger partial charge in [0.25, 0.3) is 0 Å². The topological polar surface area (TPSA) is 15.3 Å². The van der Waals surface area contributed by atoms with E-state index in [9.17, 15) is 0 Å². The fraction of sp³-hybridized carbons (Fsp3) is 1.00. The second-order valence-electron chi connectivity index (χ2n) is 7.50. The maximum absolute atomic E-state index is 3.86. The van der Waals surface area contributed by atoms with Gasteiger partial charge in [-0.15, -0.1) is 0 Å². The van der Waals surface area contributed by atoms with Gasteiger partial charge in [0.2, 0.25) is 0 Å². The first-order valence-electron chi connectivity index (χ1n) is 9.76. The van der Waals surface area contributed by atoms with Gasteiger partial charge in [0.05, 0.1) is 0 Å². The summed E-state index contributed by atoms with van der Waals surface area (Å²) in [5, 5.41) is 3.86. The third kappa shape index (κ3) is 5.90. The van der Waals surface area contributed by atoms with E-state index in [1.807, 2.05) is 0 Å². The Labute approximate surface area is 133 Å². The molecule has 2 heteroatoms. The van der Waals surface area contributed by atoms with E-state index in [-0.39, 0.29) is 0 Å². The molecule has 2 atom stereocenters. The van der Waals surface area contributed by atoms with Crippen LogP contribution in [0.5, 0.6) is 0 Å². The van der Waals surface area contributed by atoms with Gasteiger partial charge in [-0.2, -0.15) is 0 Å². The molecule has 2 unspecified atom stereocenters. The number of unbranched alkanes of at least 4 members (excludes halogenated alkanes) is 7. The average molecular weight is 295 g/mol. The molecule has 0 amide bonds. The van der Waals surface area contributed by atoms with Crippen molar-refractivity contribution in [2.75, 3.05) is 13.6 Å². The molecule has 0 aromatic rings. The van der Waals surface area contributed by atoms with Gasteiger partial charge in [-0.05, 0) is 45.7 Å². The highest BCUT2D eigenvalue weighted by molar-refractivity contribution is 4.93. The summed E-state index contributed by atoms with van der Waals surface area (Å²) in [7, 11) is 2.35. The van der Waals surface area contributed by atoms with E-state index in [1.165, 1.54) is 90.0 Å². The van der Waals surface area contributed by atoms with Crippen molar-refractivity contribution in [1.29, 1.82) is 0 Å². The molecule has 2 nitrogen and oxygen atoms in total.